The summed E-state index contributed by atoms with van der Waals surface area (Å²) in [5.41, 5.74) is 10.4. The van der Waals surface area contributed by atoms with Crippen LogP contribution < -0.4 is 21.7 Å². The Balaban J connectivity index is 0.00000812. The third kappa shape index (κ3) is 15.1. The van der Waals surface area contributed by atoms with Crippen LogP contribution in [-0.2, 0) is 25.7 Å². The van der Waals surface area contributed by atoms with Gasteiger partial charge in [0.15, 0.2) is 0 Å². The molecule has 6 N–H and O–H groups in total. The number of aryl methyl sites for hydroxylation is 1. The van der Waals surface area contributed by atoms with Crippen LogP contribution in [0, 0.1) is 18.3 Å². The number of amides is 4. The lowest BCUT2D eigenvalue weighted by Gasteiger charge is -2.35. The van der Waals surface area contributed by atoms with Gasteiger partial charge in [0.2, 0.25) is 23.6 Å². The molecule has 55 heavy (non-hydrogen) atoms. The lowest BCUT2D eigenvalue weighted by Crippen LogP contribution is -2.57. The van der Waals surface area contributed by atoms with Gasteiger partial charge in [0.25, 0.3) is 0 Å². The Morgan fingerprint density at radius 2 is 1.58 bits per heavy atom. The fraction of sp³-hybridized carbons (Fsp3) is 0.690. The third-order valence-corrected chi connectivity index (χ3v) is 12.0. The molecule has 1 saturated heterocycles. The van der Waals surface area contributed by atoms with E-state index in [0.29, 0.717) is 25.4 Å². The van der Waals surface area contributed by atoms with Gasteiger partial charge in [-0.2, -0.15) is 0 Å². The summed E-state index contributed by atoms with van der Waals surface area (Å²) in [6.07, 6.45) is 14.8. The highest BCUT2D eigenvalue weighted by Crippen LogP contribution is 2.29. The van der Waals surface area contributed by atoms with E-state index in [1.807, 2.05) is 57.5 Å². The zero-order valence-electron chi connectivity index (χ0n) is 33.6. The maximum Gasteiger partial charge on any atom is 0.246 e. The fourth-order valence-corrected chi connectivity index (χ4v) is 8.53. The number of rotatable bonds is 20. The summed E-state index contributed by atoms with van der Waals surface area (Å²) in [6.45, 7) is 8.70. The van der Waals surface area contributed by atoms with Crippen molar-refractivity contribution in [3.8, 4) is 10.4 Å². The third-order valence-electron chi connectivity index (χ3n) is 11.0. The number of hydrogen-bond donors (Lipinski definition) is 5. The molecule has 308 valence electrons. The van der Waals surface area contributed by atoms with Crippen LogP contribution in [0.1, 0.15) is 135 Å². The van der Waals surface area contributed by atoms with Crippen molar-refractivity contribution < 1.29 is 24.3 Å². The minimum atomic E-state index is -0.828. The highest BCUT2D eigenvalue weighted by molar-refractivity contribution is 7.13. The van der Waals surface area contributed by atoms with Crippen molar-refractivity contribution in [2.24, 2.45) is 17.1 Å². The molecule has 2 heterocycles. The predicted octanol–water partition coefficient (Wildman–Crippen LogP) is 6.57. The van der Waals surface area contributed by atoms with E-state index in [1.165, 1.54) is 37.0 Å². The van der Waals surface area contributed by atoms with Crippen molar-refractivity contribution in [1.29, 1.82) is 0 Å². The average molecular weight is 804 g/mol. The number of unbranched alkanes of at least 4 members (excludes halogenated alkanes) is 7. The van der Waals surface area contributed by atoms with Crippen molar-refractivity contribution in [3.05, 3.63) is 41.0 Å². The molecule has 4 rings (SSSR count). The fourth-order valence-electron chi connectivity index (χ4n) is 7.72. The van der Waals surface area contributed by atoms with Crippen LogP contribution in [0.3, 0.4) is 0 Å². The number of carbonyl (C=O) groups excluding carboxylic acids is 4. The molecule has 1 aromatic carbocycles. The highest BCUT2D eigenvalue weighted by atomic mass is 35.5. The minimum Gasteiger partial charge on any atom is -0.391 e. The van der Waals surface area contributed by atoms with Gasteiger partial charge in [-0.3, -0.25) is 19.2 Å². The molecule has 0 radical (unpaired) electrons. The molecule has 2 fully saturated rings. The quantitative estimate of drug-likeness (QED) is 0.0945. The number of nitrogens with one attached hydrogen (secondary N) is 3. The number of nitrogens with zero attached hydrogens (tertiary/aromatic N) is 2. The summed E-state index contributed by atoms with van der Waals surface area (Å²) in [5.74, 6) is -0.260. The van der Waals surface area contributed by atoms with Crippen LogP contribution in [0.25, 0.3) is 10.4 Å². The smallest absolute Gasteiger partial charge is 0.246 e. The Hall–Kier alpha value is -3.06. The molecular formula is C42H67ClN6O5S. The van der Waals surface area contributed by atoms with Gasteiger partial charge in [-0.15, -0.1) is 23.7 Å². The van der Waals surface area contributed by atoms with Crippen LogP contribution >= 0.6 is 23.7 Å². The number of aliphatic hydroxyl groups is 1. The van der Waals surface area contributed by atoms with E-state index in [1.54, 1.807) is 11.3 Å². The molecule has 4 amide bonds. The van der Waals surface area contributed by atoms with Crippen molar-refractivity contribution in [2.45, 2.75) is 161 Å². The number of likely N-dealkylation sites (tertiary alicyclic amines) is 1. The number of carbonyl (C=O) groups is 4. The molecule has 4 atom stereocenters. The first-order chi connectivity index (χ1) is 25.8. The molecule has 13 heteroatoms. The Kier molecular flexibility index (Phi) is 19.6. The monoisotopic (exact) mass is 802 g/mol. The van der Waals surface area contributed by atoms with Gasteiger partial charge in [-0.05, 0) is 48.6 Å². The largest absolute Gasteiger partial charge is 0.391 e. The summed E-state index contributed by atoms with van der Waals surface area (Å²) >= 11 is 1.59. The Morgan fingerprint density at radius 1 is 0.945 bits per heavy atom. The van der Waals surface area contributed by atoms with E-state index >= 15 is 0 Å². The number of thiazole rings is 1. The molecule has 0 spiro atoms. The van der Waals surface area contributed by atoms with Crippen LogP contribution in [0.5, 0.6) is 0 Å². The average Bonchev–Trinajstić information content (AvgIpc) is 3.76. The van der Waals surface area contributed by atoms with Gasteiger partial charge < -0.3 is 31.7 Å². The number of benzene rings is 1. The van der Waals surface area contributed by atoms with Crippen molar-refractivity contribution >= 4 is 47.4 Å². The second-order valence-corrected chi connectivity index (χ2v) is 17.5. The maximum atomic E-state index is 13.9. The van der Waals surface area contributed by atoms with E-state index in [-0.39, 0.29) is 55.0 Å². The van der Waals surface area contributed by atoms with E-state index in [0.717, 1.165) is 79.5 Å². The standard InChI is InChI=1S/C42H66N6O5S.ClH/c1-29-37(54-28-46-29)32-21-19-31(20-22-32)26-45-40(52)35-25-33(49)27-48(35)41(53)38(42(2,3)4)47-36(50)18-14-9-7-5-6-8-10-15-23-44-39(51)34(43)24-30-16-12-11-13-17-30;/h19-22,28,30,33-35,38,49H,5-18,23-27,43H2,1-4H3,(H,44,51)(H,45,52)(H,47,50);1H/t33-,34-,35+,38+;/m0./s1. The van der Waals surface area contributed by atoms with Crippen molar-refractivity contribution in [2.75, 3.05) is 13.1 Å². The first-order valence-electron chi connectivity index (χ1n) is 20.4. The lowest BCUT2D eigenvalue weighted by molar-refractivity contribution is -0.144. The molecular weight excluding hydrogens is 736 g/mol. The first-order valence-corrected chi connectivity index (χ1v) is 21.3. The van der Waals surface area contributed by atoms with Crippen LogP contribution in [0.2, 0.25) is 0 Å². The molecule has 0 bridgehead atoms. The summed E-state index contributed by atoms with van der Waals surface area (Å²) in [6, 6.07) is 5.92. The number of aromatic nitrogens is 1. The summed E-state index contributed by atoms with van der Waals surface area (Å²) in [5, 5.41) is 19.5. The lowest BCUT2D eigenvalue weighted by atomic mass is 9.85. The SMILES string of the molecule is Cc1ncsc1-c1ccc(CNC(=O)[C@H]2C[C@H](O)CN2C(=O)[C@@H](NC(=O)CCCCCCCCCCNC(=O)[C@@H](N)CC2CCCCC2)C(C)(C)C)cc1.Cl. The van der Waals surface area contributed by atoms with E-state index in [2.05, 4.69) is 20.9 Å². The summed E-state index contributed by atoms with van der Waals surface area (Å²) in [7, 11) is 0. The number of aliphatic hydroxyl groups excluding tert-OH is 1. The summed E-state index contributed by atoms with van der Waals surface area (Å²) < 4.78 is 0. The summed E-state index contributed by atoms with van der Waals surface area (Å²) in [4.78, 5) is 59.5. The normalized spacial score (nSPS) is 18.6. The van der Waals surface area contributed by atoms with Crippen molar-refractivity contribution in [1.82, 2.24) is 25.8 Å². The van der Waals surface area contributed by atoms with E-state index in [4.69, 9.17) is 5.73 Å². The van der Waals surface area contributed by atoms with Gasteiger partial charge in [0.1, 0.15) is 12.1 Å². The Bertz CT molecular complexity index is 1490. The van der Waals surface area contributed by atoms with Gasteiger partial charge in [-0.1, -0.05) is 116 Å². The Labute approximate surface area is 339 Å². The van der Waals surface area contributed by atoms with Crippen molar-refractivity contribution in [3.63, 3.8) is 0 Å². The van der Waals surface area contributed by atoms with E-state index in [9.17, 15) is 24.3 Å². The predicted molar refractivity (Wildman–Crippen MR) is 223 cm³/mol. The van der Waals surface area contributed by atoms with Gasteiger partial charge in [0.05, 0.1) is 28.2 Å². The topological polar surface area (TPSA) is 167 Å². The van der Waals surface area contributed by atoms with Crippen LogP contribution in [0.4, 0.5) is 0 Å². The zero-order chi connectivity index (χ0) is 39.1. The molecule has 1 aliphatic carbocycles. The van der Waals surface area contributed by atoms with Crippen LogP contribution in [0.15, 0.2) is 29.8 Å². The minimum absolute atomic E-state index is 0. The number of hydrogen-bond acceptors (Lipinski definition) is 8. The molecule has 1 aromatic heterocycles. The molecule has 1 saturated carbocycles. The first kappa shape index (κ1) is 46.3. The van der Waals surface area contributed by atoms with Gasteiger partial charge in [-0.25, -0.2) is 4.98 Å². The number of nitrogens with two attached hydrogens (primary N) is 1. The van der Waals surface area contributed by atoms with E-state index < -0.39 is 23.6 Å². The van der Waals surface area contributed by atoms with Crippen LogP contribution in [-0.4, -0.2) is 75.9 Å². The number of β-amino-alcohol motifs (C(OH)–C–C–N with tert-alkyl or cyclic N) is 1. The maximum absolute atomic E-state index is 13.9. The number of halogens is 1. The molecule has 1 aliphatic heterocycles. The van der Waals surface area contributed by atoms with Gasteiger partial charge in [0, 0.05) is 32.5 Å². The highest BCUT2D eigenvalue weighted by Gasteiger charge is 2.44. The second-order valence-electron chi connectivity index (χ2n) is 16.7. The van der Waals surface area contributed by atoms with Gasteiger partial charge >= 0.3 is 0 Å². The second kappa shape index (κ2) is 23.2. The molecule has 11 nitrogen and oxygen atoms in total. The molecule has 2 aromatic rings. The molecule has 0 unspecified atom stereocenters. The molecule has 2 aliphatic rings. The Morgan fingerprint density at radius 3 is 2.20 bits per heavy atom. The zero-order valence-corrected chi connectivity index (χ0v) is 35.2.